The van der Waals surface area contributed by atoms with Crippen LogP contribution >= 0.6 is 0 Å². The van der Waals surface area contributed by atoms with Crippen molar-refractivity contribution in [3.05, 3.63) is 58.1 Å². The van der Waals surface area contributed by atoms with Crippen molar-refractivity contribution in [2.75, 3.05) is 26.7 Å². The highest BCUT2D eigenvalue weighted by Gasteiger charge is 2.24. The van der Waals surface area contributed by atoms with Crippen molar-refractivity contribution in [1.82, 2.24) is 24.8 Å². The molecule has 1 fully saturated rings. The molecule has 1 amide bonds. The van der Waals surface area contributed by atoms with Crippen LogP contribution in [0.4, 0.5) is 0 Å². The minimum absolute atomic E-state index is 0.0176. The Morgan fingerprint density at radius 3 is 2.65 bits per heavy atom. The van der Waals surface area contributed by atoms with Gasteiger partial charge in [-0.25, -0.2) is 0 Å². The predicted molar refractivity (Wildman–Crippen MR) is 137 cm³/mol. The Bertz CT molecular complexity index is 1420. The van der Waals surface area contributed by atoms with Gasteiger partial charge in [-0.1, -0.05) is 19.9 Å². The number of likely N-dealkylation sites (tertiary alicyclic amines) is 1. The molecule has 3 N–H and O–H groups in total. The zero-order valence-corrected chi connectivity index (χ0v) is 20.4. The minimum Gasteiger partial charge on any atom is -0.358 e. The van der Waals surface area contributed by atoms with Gasteiger partial charge in [-0.15, -0.1) is 0 Å². The number of nitrogens with zero attached hydrogens (tertiary/aromatic N) is 2. The van der Waals surface area contributed by atoms with Gasteiger partial charge in [0, 0.05) is 48.3 Å². The highest BCUT2D eigenvalue weighted by Crippen LogP contribution is 2.39. The first-order valence-electron chi connectivity index (χ1n) is 12.1. The van der Waals surface area contributed by atoms with Gasteiger partial charge < -0.3 is 19.9 Å². The van der Waals surface area contributed by atoms with Crippen molar-refractivity contribution in [2.24, 2.45) is 7.05 Å². The fourth-order valence-electron chi connectivity index (χ4n) is 5.47. The molecule has 0 saturated carbocycles. The number of likely N-dealkylation sites (N-methyl/N-ethyl adjacent to an activating group) is 1. The summed E-state index contributed by atoms with van der Waals surface area (Å²) in [5.41, 5.74) is 6.53. The molecule has 34 heavy (non-hydrogen) atoms. The largest absolute Gasteiger partial charge is 0.358 e. The van der Waals surface area contributed by atoms with E-state index < -0.39 is 0 Å². The van der Waals surface area contributed by atoms with Crippen LogP contribution in [-0.4, -0.2) is 52.0 Å². The number of pyridine rings is 1. The average Bonchev–Trinajstić information content (AvgIpc) is 3.47. The molecule has 5 rings (SSSR count). The molecule has 7 heteroatoms. The number of benzene rings is 1. The second kappa shape index (κ2) is 8.80. The molecule has 0 unspecified atom stereocenters. The van der Waals surface area contributed by atoms with Crippen molar-refractivity contribution in [1.29, 1.82) is 0 Å². The molecule has 0 radical (unpaired) electrons. The predicted octanol–water partition coefficient (Wildman–Crippen LogP) is 4.06. The van der Waals surface area contributed by atoms with Gasteiger partial charge in [0.25, 0.3) is 5.56 Å². The number of hydrogen-bond acceptors (Lipinski definition) is 3. The summed E-state index contributed by atoms with van der Waals surface area (Å²) < 4.78 is 1.65. The maximum Gasteiger partial charge on any atom is 0.274 e. The summed E-state index contributed by atoms with van der Waals surface area (Å²) in [4.78, 5) is 33.3. The SMILES string of the molecule is CNC(=O)CN1CCC(c2ccc3[nH]c(-c4cn(C)c(=O)c5[nH]ccc45)c(C(C)C)c3c2)CC1. The van der Waals surface area contributed by atoms with Crippen molar-refractivity contribution in [3.63, 3.8) is 0 Å². The number of piperidine rings is 1. The smallest absolute Gasteiger partial charge is 0.274 e. The molecule has 0 bridgehead atoms. The zero-order chi connectivity index (χ0) is 24.0. The Kier molecular flexibility index (Phi) is 5.81. The number of amides is 1. The van der Waals surface area contributed by atoms with E-state index in [1.165, 1.54) is 16.5 Å². The molecule has 0 aliphatic carbocycles. The van der Waals surface area contributed by atoms with Gasteiger partial charge in [-0.2, -0.15) is 0 Å². The molecule has 4 heterocycles. The number of hydrogen-bond donors (Lipinski definition) is 3. The monoisotopic (exact) mass is 459 g/mol. The number of aryl methyl sites for hydroxylation is 1. The van der Waals surface area contributed by atoms with Crippen LogP contribution in [0.1, 0.15) is 49.7 Å². The lowest BCUT2D eigenvalue weighted by molar-refractivity contribution is -0.122. The number of carbonyl (C=O) groups is 1. The van der Waals surface area contributed by atoms with E-state index in [0.29, 0.717) is 23.9 Å². The summed E-state index contributed by atoms with van der Waals surface area (Å²) in [6.07, 6.45) is 5.89. The van der Waals surface area contributed by atoms with Crippen molar-refractivity contribution >= 4 is 27.7 Å². The lowest BCUT2D eigenvalue weighted by atomic mass is 9.87. The van der Waals surface area contributed by atoms with Gasteiger partial charge in [-0.05, 0) is 67.1 Å². The van der Waals surface area contributed by atoms with Gasteiger partial charge in [0.1, 0.15) is 5.52 Å². The fourth-order valence-corrected chi connectivity index (χ4v) is 5.47. The number of carbonyl (C=O) groups excluding carboxylic acids is 1. The summed E-state index contributed by atoms with van der Waals surface area (Å²) in [7, 11) is 3.50. The molecule has 1 saturated heterocycles. The van der Waals surface area contributed by atoms with E-state index in [-0.39, 0.29) is 11.5 Å². The summed E-state index contributed by atoms with van der Waals surface area (Å²) in [6, 6.07) is 8.80. The number of nitrogens with one attached hydrogen (secondary N) is 3. The first-order valence-corrected chi connectivity index (χ1v) is 12.1. The molecule has 1 aromatic carbocycles. The second-order valence-electron chi connectivity index (χ2n) is 9.82. The Morgan fingerprint density at radius 2 is 1.94 bits per heavy atom. The van der Waals surface area contributed by atoms with Crippen LogP contribution in [0.3, 0.4) is 0 Å². The van der Waals surface area contributed by atoms with E-state index in [4.69, 9.17) is 0 Å². The number of aromatic amines is 2. The molecule has 1 aliphatic heterocycles. The summed E-state index contributed by atoms with van der Waals surface area (Å²) >= 11 is 0. The molecule has 0 atom stereocenters. The molecule has 0 spiro atoms. The molecule has 178 valence electrons. The van der Waals surface area contributed by atoms with E-state index in [0.717, 1.165) is 48.1 Å². The Morgan fingerprint density at radius 1 is 1.18 bits per heavy atom. The third-order valence-corrected chi connectivity index (χ3v) is 7.31. The molecule has 7 nitrogen and oxygen atoms in total. The highest BCUT2D eigenvalue weighted by molar-refractivity contribution is 5.99. The zero-order valence-electron chi connectivity index (χ0n) is 20.4. The normalized spacial score (nSPS) is 15.6. The molecular formula is C27H33N5O2. The van der Waals surface area contributed by atoms with Crippen LogP contribution in [0, 0.1) is 0 Å². The van der Waals surface area contributed by atoms with Crippen LogP contribution in [0.5, 0.6) is 0 Å². The third kappa shape index (κ3) is 3.84. The van der Waals surface area contributed by atoms with Crippen molar-refractivity contribution in [2.45, 2.75) is 38.5 Å². The quantitative estimate of drug-likeness (QED) is 0.421. The van der Waals surface area contributed by atoms with Gasteiger partial charge >= 0.3 is 0 Å². The van der Waals surface area contributed by atoms with E-state index in [1.54, 1.807) is 18.7 Å². The maximum absolute atomic E-state index is 12.6. The number of rotatable bonds is 5. The fraction of sp³-hybridized carbons (Fsp3) is 0.407. The Hall–Kier alpha value is -3.32. The summed E-state index contributed by atoms with van der Waals surface area (Å²) in [5.74, 6) is 0.897. The average molecular weight is 460 g/mol. The highest BCUT2D eigenvalue weighted by atomic mass is 16.2. The van der Waals surface area contributed by atoms with E-state index in [9.17, 15) is 9.59 Å². The van der Waals surface area contributed by atoms with Gasteiger partial charge in [0.05, 0.1) is 12.2 Å². The second-order valence-corrected chi connectivity index (χ2v) is 9.82. The van der Waals surface area contributed by atoms with Crippen LogP contribution < -0.4 is 10.9 Å². The van der Waals surface area contributed by atoms with Crippen LogP contribution in [0.25, 0.3) is 33.1 Å². The first-order chi connectivity index (χ1) is 16.4. The number of H-pyrrole nitrogens is 2. The van der Waals surface area contributed by atoms with Crippen LogP contribution in [-0.2, 0) is 11.8 Å². The number of aromatic nitrogens is 3. The first kappa shape index (κ1) is 22.5. The van der Waals surface area contributed by atoms with Gasteiger partial charge in [-0.3, -0.25) is 14.5 Å². The van der Waals surface area contributed by atoms with Crippen LogP contribution in [0.15, 0.2) is 41.5 Å². The van der Waals surface area contributed by atoms with E-state index >= 15 is 0 Å². The molecule has 3 aromatic heterocycles. The molecule has 1 aliphatic rings. The summed E-state index contributed by atoms with van der Waals surface area (Å²) in [6.45, 7) is 6.82. The lowest BCUT2D eigenvalue weighted by Gasteiger charge is -2.31. The van der Waals surface area contributed by atoms with E-state index in [2.05, 4.69) is 52.2 Å². The van der Waals surface area contributed by atoms with Gasteiger partial charge in [0.2, 0.25) is 5.91 Å². The molecule has 4 aromatic rings. The Labute approximate surface area is 199 Å². The standard InChI is InChI=1S/C27H33N5O2/c1-16(2)24-20-13-18(17-8-11-32(12-9-17)15-23(33)28-3)5-6-22(20)30-25(24)21-14-31(4)27(34)26-19(21)7-10-29-26/h5-7,10,13-14,16-17,29-30H,8-9,11-12,15H2,1-4H3,(H,28,33). The summed E-state index contributed by atoms with van der Waals surface area (Å²) in [5, 5.41) is 4.92. The van der Waals surface area contributed by atoms with E-state index in [1.807, 2.05) is 18.5 Å². The Balaban J connectivity index is 1.53. The van der Waals surface area contributed by atoms with Gasteiger partial charge in [0.15, 0.2) is 0 Å². The van der Waals surface area contributed by atoms with Crippen LogP contribution in [0.2, 0.25) is 0 Å². The maximum atomic E-state index is 12.6. The molecular weight excluding hydrogens is 426 g/mol. The number of fused-ring (bicyclic) bond motifs is 2. The lowest BCUT2D eigenvalue weighted by Crippen LogP contribution is -2.40. The van der Waals surface area contributed by atoms with Crippen molar-refractivity contribution < 1.29 is 4.79 Å². The topological polar surface area (TPSA) is 85.9 Å². The third-order valence-electron chi connectivity index (χ3n) is 7.31. The minimum atomic E-state index is -0.0176. The van der Waals surface area contributed by atoms with Crippen molar-refractivity contribution in [3.8, 4) is 11.3 Å².